The molecule has 0 saturated heterocycles. The third-order valence-corrected chi connectivity index (χ3v) is 7.90. The van der Waals surface area contributed by atoms with E-state index in [1.807, 2.05) is 0 Å². The quantitative estimate of drug-likeness (QED) is 0.307. The first kappa shape index (κ1) is 25.4. The second-order valence-corrected chi connectivity index (χ2v) is 11.1. The summed E-state index contributed by atoms with van der Waals surface area (Å²) in [5, 5.41) is 5.94. The summed E-state index contributed by atoms with van der Waals surface area (Å²) in [6.45, 7) is 0.189. The van der Waals surface area contributed by atoms with Crippen molar-refractivity contribution < 1.29 is 26.0 Å². The van der Waals surface area contributed by atoms with Gasteiger partial charge in [-0.3, -0.25) is 0 Å². The van der Waals surface area contributed by atoms with Crippen LogP contribution in [0.1, 0.15) is 48.4 Å². The molecule has 3 aromatic rings. The van der Waals surface area contributed by atoms with E-state index >= 15 is 4.39 Å². The molecule has 0 aliphatic heterocycles. The first-order valence-corrected chi connectivity index (χ1v) is 13.4. The number of alkyl halides is 3. The van der Waals surface area contributed by atoms with Crippen LogP contribution in [0.3, 0.4) is 0 Å². The van der Waals surface area contributed by atoms with E-state index in [2.05, 4.69) is 25.3 Å². The third kappa shape index (κ3) is 6.19. The summed E-state index contributed by atoms with van der Waals surface area (Å²) in [7, 11) is -3.55. The van der Waals surface area contributed by atoms with E-state index in [1.165, 1.54) is 30.6 Å². The van der Waals surface area contributed by atoms with Gasteiger partial charge in [-0.2, -0.15) is 17.6 Å². The van der Waals surface area contributed by atoms with Gasteiger partial charge in [0.1, 0.15) is 6.33 Å². The molecule has 2 aliphatic carbocycles. The van der Waals surface area contributed by atoms with Gasteiger partial charge in [-0.15, -0.1) is 0 Å². The molecule has 2 aromatic carbocycles. The van der Waals surface area contributed by atoms with Crippen molar-refractivity contribution in [2.24, 2.45) is 5.92 Å². The molecule has 1 unspecified atom stereocenters. The van der Waals surface area contributed by atoms with E-state index in [0.29, 0.717) is 5.56 Å². The van der Waals surface area contributed by atoms with Crippen molar-refractivity contribution in [1.82, 2.24) is 14.7 Å². The number of aromatic nitrogens is 2. The summed E-state index contributed by atoms with van der Waals surface area (Å²) < 4.78 is 81.2. The van der Waals surface area contributed by atoms with Crippen LogP contribution in [0.25, 0.3) is 0 Å². The number of hydrogen-bond donors (Lipinski definition) is 3. The van der Waals surface area contributed by atoms with Gasteiger partial charge < -0.3 is 10.6 Å². The molecule has 5 rings (SSSR count). The molecule has 0 radical (unpaired) electrons. The Balaban J connectivity index is 1.26. The number of nitrogens with one attached hydrogen (secondary N) is 3. The number of halogens is 4. The highest BCUT2D eigenvalue weighted by Gasteiger charge is 2.35. The van der Waals surface area contributed by atoms with Crippen LogP contribution >= 0.6 is 0 Å². The lowest BCUT2D eigenvalue weighted by molar-refractivity contribution is -0.137. The zero-order chi connectivity index (χ0) is 26.2. The van der Waals surface area contributed by atoms with Crippen molar-refractivity contribution in [3.63, 3.8) is 0 Å². The lowest BCUT2D eigenvalue weighted by Gasteiger charge is -2.21. The molecule has 12 heteroatoms. The van der Waals surface area contributed by atoms with E-state index in [-0.39, 0.29) is 35.0 Å². The molecule has 1 atom stereocenters. The number of nitrogens with zero attached hydrogens (tertiary/aromatic N) is 2. The molecule has 2 fully saturated rings. The largest absolute Gasteiger partial charge is 0.416 e. The second kappa shape index (κ2) is 9.90. The first-order chi connectivity index (χ1) is 17.6. The maximum atomic E-state index is 15.2. The van der Waals surface area contributed by atoms with Crippen molar-refractivity contribution in [2.45, 2.75) is 55.4 Å². The minimum absolute atomic E-state index is 0.00801. The van der Waals surface area contributed by atoms with Crippen molar-refractivity contribution in [3.05, 3.63) is 77.4 Å². The van der Waals surface area contributed by atoms with Crippen LogP contribution < -0.4 is 15.4 Å². The Morgan fingerprint density at radius 3 is 2.16 bits per heavy atom. The Hall–Kier alpha value is -3.25. The minimum Gasteiger partial charge on any atom is -0.363 e. The van der Waals surface area contributed by atoms with Gasteiger partial charge in [0.05, 0.1) is 16.5 Å². The molecular formula is C25H25F4N5O2S. The van der Waals surface area contributed by atoms with Crippen molar-refractivity contribution in [1.29, 1.82) is 0 Å². The smallest absolute Gasteiger partial charge is 0.363 e. The molecule has 7 nitrogen and oxygen atoms in total. The molecular weight excluding hydrogens is 510 g/mol. The van der Waals surface area contributed by atoms with Gasteiger partial charge in [-0.1, -0.05) is 24.3 Å². The molecule has 1 heterocycles. The Bertz CT molecular complexity index is 1360. The summed E-state index contributed by atoms with van der Waals surface area (Å²) in [5.41, 5.74) is 0.600. The number of anilines is 2. The van der Waals surface area contributed by atoms with Crippen molar-refractivity contribution in [3.8, 4) is 0 Å². The topological polar surface area (TPSA) is 96.0 Å². The van der Waals surface area contributed by atoms with E-state index in [0.717, 1.165) is 43.4 Å². The van der Waals surface area contributed by atoms with E-state index < -0.39 is 33.6 Å². The summed E-state index contributed by atoms with van der Waals surface area (Å²) in [6.07, 6.45) is 0.200. The van der Waals surface area contributed by atoms with Gasteiger partial charge in [-0.05, 0) is 67.0 Å². The summed E-state index contributed by atoms with van der Waals surface area (Å²) in [4.78, 5) is 8.13. The molecule has 2 saturated carbocycles. The normalized spacial score (nSPS) is 16.9. The minimum atomic E-state index is -4.43. The monoisotopic (exact) mass is 535 g/mol. The SMILES string of the molecule is O=S(=O)(NC1CC1)c1ccc(CNc2ncnc(NC(c3ccc(C(F)(F)F)cc3)C3CC3)c2F)cc1. The highest BCUT2D eigenvalue weighted by atomic mass is 32.2. The summed E-state index contributed by atoms with van der Waals surface area (Å²) >= 11 is 0. The van der Waals surface area contributed by atoms with Crippen LogP contribution in [-0.4, -0.2) is 24.4 Å². The number of sulfonamides is 1. The van der Waals surface area contributed by atoms with Gasteiger partial charge >= 0.3 is 6.18 Å². The average molecular weight is 536 g/mol. The van der Waals surface area contributed by atoms with Crippen LogP contribution in [0.15, 0.2) is 59.8 Å². The van der Waals surface area contributed by atoms with Crippen LogP contribution in [0, 0.1) is 11.7 Å². The standard InChI is InChI=1S/C25H25F4N5O2S/c26-21-23(30-13-15-1-11-20(12-2-15)37(35,36)34-19-9-10-19)31-14-32-24(21)33-22(16-3-4-16)17-5-7-18(8-6-17)25(27,28)29/h1-2,5-8,11-12,14,16,19,22,34H,3-4,9-10,13H2,(H2,30,31,32,33). The summed E-state index contributed by atoms with van der Waals surface area (Å²) in [6, 6.07) is 10.7. The maximum Gasteiger partial charge on any atom is 0.416 e. The highest BCUT2D eigenvalue weighted by Crippen LogP contribution is 2.43. The number of rotatable bonds is 10. The fourth-order valence-electron chi connectivity index (χ4n) is 3.98. The predicted molar refractivity (Wildman–Crippen MR) is 130 cm³/mol. The molecule has 0 amide bonds. The van der Waals surface area contributed by atoms with E-state index in [9.17, 15) is 21.6 Å². The van der Waals surface area contributed by atoms with Crippen LogP contribution in [-0.2, 0) is 22.7 Å². The van der Waals surface area contributed by atoms with E-state index in [1.54, 1.807) is 12.1 Å². The Morgan fingerprint density at radius 1 is 0.919 bits per heavy atom. The third-order valence-electron chi connectivity index (χ3n) is 6.37. The van der Waals surface area contributed by atoms with Gasteiger partial charge in [0.25, 0.3) is 0 Å². The lowest BCUT2D eigenvalue weighted by Crippen LogP contribution is -2.25. The molecule has 0 bridgehead atoms. The average Bonchev–Trinajstić information content (AvgIpc) is 3.79. The Kier molecular flexibility index (Phi) is 6.80. The Morgan fingerprint density at radius 2 is 1.57 bits per heavy atom. The van der Waals surface area contributed by atoms with Crippen molar-refractivity contribution >= 4 is 21.7 Å². The van der Waals surface area contributed by atoms with Gasteiger partial charge in [0.15, 0.2) is 11.6 Å². The maximum absolute atomic E-state index is 15.2. The van der Waals surface area contributed by atoms with Crippen LogP contribution in [0.5, 0.6) is 0 Å². The van der Waals surface area contributed by atoms with Crippen LogP contribution in [0.4, 0.5) is 29.2 Å². The van der Waals surface area contributed by atoms with E-state index in [4.69, 9.17) is 0 Å². The molecule has 2 aliphatic rings. The Labute approximate surface area is 211 Å². The van der Waals surface area contributed by atoms with Crippen molar-refractivity contribution in [2.75, 3.05) is 10.6 Å². The molecule has 3 N–H and O–H groups in total. The fourth-order valence-corrected chi connectivity index (χ4v) is 5.29. The molecule has 0 spiro atoms. The second-order valence-electron chi connectivity index (χ2n) is 9.36. The fraction of sp³-hybridized carbons (Fsp3) is 0.360. The van der Waals surface area contributed by atoms with Crippen LogP contribution in [0.2, 0.25) is 0 Å². The van der Waals surface area contributed by atoms with Gasteiger partial charge in [0, 0.05) is 12.6 Å². The first-order valence-electron chi connectivity index (χ1n) is 11.9. The zero-order valence-corrected chi connectivity index (χ0v) is 20.4. The molecule has 1 aromatic heterocycles. The number of benzene rings is 2. The predicted octanol–water partition coefficient (Wildman–Crippen LogP) is 5.25. The highest BCUT2D eigenvalue weighted by molar-refractivity contribution is 7.89. The zero-order valence-electron chi connectivity index (χ0n) is 19.6. The molecule has 196 valence electrons. The van der Waals surface area contributed by atoms with Gasteiger partial charge in [0.2, 0.25) is 15.8 Å². The molecule has 37 heavy (non-hydrogen) atoms. The van der Waals surface area contributed by atoms with Gasteiger partial charge in [-0.25, -0.2) is 23.1 Å². The number of hydrogen-bond acceptors (Lipinski definition) is 6. The summed E-state index contributed by atoms with van der Waals surface area (Å²) in [5.74, 6) is -0.659. The lowest BCUT2D eigenvalue weighted by atomic mass is 10.0.